The second-order valence-electron chi connectivity index (χ2n) is 5.00. The molecule has 126 valence electrons. The second-order valence-corrected chi connectivity index (χ2v) is 6.78. The Morgan fingerprint density at radius 1 is 1.17 bits per heavy atom. The number of rotatable bonds is 5. The Bertz CT molecular complexity index is 794. The van der Waals surface area contributed by atoms with Gasteiger partial charge in [0.25, 0.3) is 5.91 Å². The van der Waals surface area contributed by atoms with E-state index in [0.717, 1.165) is 0 Å². The highest BCUT2D eigenvalue weighted by atomic mass is 35.5. The zero-order valence-corrected chi connectivity index (χ0v) is 14.7. The SMILES string of the molecule is C[C@@H](OC(=O)c1ccccc1[S@@](C)=O)C(=O)Nc1cccc(Cl)c1. The van der Waals surface area contributed by atoms with Crippen LogP contribution in [-0.4, -0.2) is 28.4 Å². The monoisotopic (exact) mass is 365 g/mol. The first kappa shape index (κ1) is 18.2. The Labute approximate surface area is 147 Å². The summed E-state index contributed by atoms with van der Waals surface area (Å²) in [6.07, 6.45) is 0.455. The van der Waals surface area contributed by atoms with Crippen LogP contribution in [-0.2, 0) is 20.3 Å². The van der Waals surface area contributed by atoms with E-state index in [1.165, 1.54) is 19.2 Å². The molecule has 0 unspecified atom stereocenters. The molecular weight excluding hydrogens is 350 g/mol. The molecule has 0 spiro atoms. The molecule has 0 saturated carbocycles. The van der Waals surface area contributed by atoms with Gasteiger partial charge in [0.2, 0.25) is 0 Å². The van der Waals surface area contributed by atoms with Gasteiger partial charge in [-0.15, -0.1) is 0 Å². The highest BCUT2D eigenvalue weighted by Gasteiger charge is 2.21. The molecule has 0 aromatic heterocycles. The van der Waals surface area contributed by atoms with E-state index >= 15 is 0 Å². The average Bonchev–Trinajstić information content (AvgIpc) is 2.54. The number of carbonyl (C=O) groups is 2. The maximum Gasteiger partial charge on any atom is 0.340 e. The average molecular weight is 366 g/mol. The molecule has 0 saturated heterocycles. The van der Waals surface area contributed by atoms with Crippen LogP contribution in [0.4, 0.5) is 5.69 Å². The molecule has 2 aromatic carbocycles. The number of halogens is 1. The highest BCUT2D eigenvalue weighted by Crippen LogP contribution is 2.17. The fraction of sp³-hybridized carbons (Fsp3) is 0.176. The van der Waals surface area contributed by atoms with Crippen LogP contribution in [0.3, 0.4) is 0 Å². The zero-order chi connectivity index (χ0) is 17.7. The molecule has 0 aliphatic carbocycles. The topological polar surface area (TPSA) is 72.5 Å². The van der Waals surface area contributed by atoms with Gasteiger partial charge in [-0.1, -0.05) is 29.8 Å². The van der Waals surface area contributed by atoms with Gasteiger partial charge in [-0.2, -0.15) is 0 Å². The van der Waals surface area contributed by atoms with E-state index in [0.29, 0.717) is 15.6 Å². The Hall–Kier alpha value is -2.18. The van der Waals surface area contributed by atoms with E-state index in [-0.39, 0.29) is 5.56 Å². The van der Waals surface area contributed by atoms with Crippen LogP contribution in [0.5, 0.6) is 0 Å². The molecule has 2 atom stereocenters. The Balaban J connectivity index is 2.06. The minimum Gasteiger partial charge on any atom is -0.449 e. The van der Waals surface area contributed by atoms with Crippen molar-refractivity contribution in [3.8, 4) is 0 Å². The maximum absolute atomic E-state index is 12.2. The van der Waals surface area contributed by atoms with Crippen molar-refractivity contribution in [2.75, 3.05) is 11.6 Å². The lowest BCUT2D eigenvalue weighted by molar-refractivity contribution is -0.123. The lowest BCUT2D eigenvalue weighted by Crippen LogP contribution is -2.30. The Morgan fingerprint density at radius 3 is 2.54 bits per heavy atom. The first-order valence-corrected chi connectivity index (χ1v) is 9.02. The molecule has 0 heterocycles. The summed E-state index contributed by atoms with van der Waals surface area (Å²) in [5.74, 6) is -1.18. The van der Waals surface area contributed by atoms with Crippen molar-refractivity contribution in [1.29, 1.82) is 0 Å². The molecule has 0 fully saturated rings. The Morgan fingerprint density at radius 2 is 1.88 bits per heavy atom. The summed E-state index contributed by atoms with van der Waals surface area (Å²) in [6, 6.07) is 13.1. The lowest BCUT2D eigenvalue weighted by Gasteiger charge is -2.14. The van der Waals surface area contributed by atoms with E-state index in [1.54, 1.807) is 42.5 Å². The second kappa shape index (κ2) is 8.08. The van der Waals surface area contributed by atoms with Crippen LogP contribution in [0.1, 0.15) is 17.3 Å². The third-order valence-electron chi connectivity index (χ3n) is 3.16. The van der Waals surface area contributed by atoms with Crippen LogP contribution in [0, 0.1) is 0 Å². The van der Waals surface area contributed by atoms with E-state index in [2.05, 4.69) is 5.32 Å². The highest BCUT2D eigenvalue weighted by molar-refractivity contribution is 7.84. The van der Waals surface area contributed by atoms with E-state index in [4.69, 9.17) is 16.3 Å². The third kappa shape index (κ3) is 4.66. The normalized spacial score (nSPS) is 13.0. The smallest absolute Gasteiger partial charge is 0.340 e. The van der Waals surface area contributed by atoms with Crippen LogP contribution in [0.25, 0.3) is 0 Å². The maximum atomic E-state index is 12.2. The van der Waals surface area contributed by atoms with Crippen LogP contribution >= 0.6 is 11.6 Å². The first-order chi connectivity index (χ1) is 11.4. The standard InChI is InChI=1S/C17H16ClNO4S/c1-11(16(20)19-13-7-5-6-12(18)10-13)23-17(21)14-8-3-4-9-15(14)24(2)22/h3-11H,1-2H3,(H,19,20)/t11-,24-/m1/s1. The van der Waals surface area contributed by atoms with Crippen molar-refractivity contribution in [2.45, 2.75) is 17.9 Å². The number of esters is 1. The van der Waals surface area contributed by atoms with Gasteiger partial charge in [0.15, 0.2) is 6.10 Å². The number of anilines is 1. The number of amides is 1. The van der Waals surface area contributed by atoms with Gasteiger partial charge in [-0.3, -0.25) is 9.00 Å². The number of carbonyl (C=O) groups excluding carboxylic acids is 2. The molecule has 1 N–H and O–H groups in total. The number of hydrogen-bond acceptors (Lipinski definition) is 4. The van der Waals surface area contributed by atoms with Crippen molar-refractivity contribution in [1.82, 2.24) is 0 Å². The zero-order valence-electron chi connectivity index (χ0n) is 13.1. The van der Waals surface area contributed by atoms with Gasteiger partial charge in [-0.05, 0) is 37.3 Å². The van der Waals surface area contributed by atoms with E-state index < -0.39 is 28.8 Å². The van der Waals surface area contributed by atoms with Crippen LogP contribution in [0.15, 0.2) is 53.4 Å². The lowest BCUT2D eigenvalue weighted by atomic mass is 10.2. The van der Waals surface area contributed by atoms with Crippen LogP contribution < -0.4 is 5.32 Å². The third-order valence-corrected chi connectivity index (χ3v) is 4.37. The molecule has 5 nitrogen and oxygen atoms in total. The number of benzene rings is 2. The van der Waals surface area contributed by atoms with Crippen molar-refractivity contribution >= 4 is 40.0 Å². The summed E-state index contributed by atoms with van der Waals surface area (Å²) in [7, 11) is -1.34. The fourth-order valence-corrected chi connectivity index (χ4v) is 2.90. The summed E-state index contributed by atoms with van der Waals surface area (Å²) in [4.78, 5) is 24.7. The fourth-order valence-electron chi connectivity index (χ4n) is 1.97. The van der Waals surface area contributed by atoms with Gasteiger partial charge < -0.3 is 10.1 Å². The summed E-state index contributed by atoms with van der Waals surface area (Å²) >= 11 is 5.85. The molecule has 2 aromatic rings. The molecule has 0 aliphatic rings. The Kier molecular flexibility index (Phi) is 6.11. The van der Waals surface area contributed by atoms with Crippen molar-refractivity contribution in [3.05, 3.63) is 59.1 Å². The van der Waals surface area contributed by atoms with Gasteiger partial charge in [0.05, 0.1) is 21.3 Å². The van der Waals surface area contributed by atoms with E-state index in [9.17, 15) is 13.8 Å². The van der Waals surface area contributed by atoms with Crippen molar-refractivity contribution < 1.29 is 18.5 Å². The minimum atomic E-state index is -1.34. The first-order valence-electron chi connectivity index (χ1n) is 7.08. The largest absolute Gasteiger partial charge is 0.449 e. The molecule has 24 heavy (non-hydrogen) atoms. The van der Waals surface area contributed by atoms with Crippen molar-refractivity contribution in [3.63, 3.8) is 0 Å². The minimum absolute atomic E-state index is 0.181. The number of hydrogen-bond donors (Lipinski definition) is 1. The predicted molar refractivity (Wildman–Crippen MR) is 93.7 cm³/mol. The molecule has 7 heteroatoms. The van der Waals surface area contributed by atoms with E-state index in [1.807, 2.05) is 0 Å². The molecule has 2 rings (SSSR count). The quantitative estimate of drug-likeness (QED) is 0.825. The summed E-state index contributed by atoms with van der Waals surface area (Å²) in [5.41, 5.74) is 0.686. The predicted octanol–water partition coefficient (Wildman–Crippen LogP) is 3.26. The summed E-state index contributed by atoms with van der Waals surface area (Å²) in [5, 5.41) is 3.10. The molecule has 0 aliphatic heterocycles. The molecule has 1 amide bonds. The summed E-state index contributed by atoms with van der Waals surface area (Å²) < 4.78 is 16.8. The van der Waals surface area contributed by atoms with Crippen LogP contribution in [0.2, 0.25) is 5.02 Å². The van der Waals surface area contributed by atoms with Gasteiger partial charge in [0.1, 0.15) is 0 Å². The number of ether oxygens (including phenoxy) is 1. The summed E-state index contributed by atoms with van der Waals surface area (Å²) in [6.45, 7) is 1.46. The molecular formula is C17H16ClNO4S. The van der Waals surface area contributed by atoms with Gasteiger partial charge in [0, 0.05) is 17.0 Å². The molecule has 0 bridgehead atoms. The molecule has 0 radical (unpaired) electrons. The number of nitrogens with one attached hydrogen (secondary N) is 1. The van der Waals surface area contributed by atoms with Crippen molar-refractivity contribution in [2.24, 2.45) is 0 Å². The van der Waals surface area contributed by atoms with Gasteiger partial charge in [-0.25, -0.2) is 4.79 Å². The van der Waals surface area contributed by atoms with Gasteiger partial charge >= 0.3 is 5.97 Å².